The van der Waals surface area contributed by atoms with Crippen LogP contribution in [-0.4, -0.2) is 18.1 Å². The van der Waals surface area contributed by atoms with Crippen LogP contribution >= 0.6 is 0 Å². The summed E-state index contributed by atoms with van der Waals surface area (Å²) in [5.41, 5.74) is 3.56. The summed E-state index contributed by atoms with van der Waals surface area (Å²) in [6.45, 7) is 0. The number of fused-ring (bicyclic) bond motifs is 1. The van der Waals surface area contributed by atoms with Crippen LogP contribution in [0.15, 0.2) is 54.7 Å². The van der Waals surface area contributed by atoms with Gasteiger partial charge in [-0.15, -0.1) is 0 Å². The zero-order chi connectivity index (χ0) is 16.2. The lowest BCUT2D eigenvalue weighted by Gasteiger charge is -2.06. The number of nitrogens with zero attached hydrogens (tertiary/aromatic N) is 1. The number of esters is 1. The number of pyridine rings is 1. The molecule has 0 atom stereocenters. The first kappa shape index (κ1) is 15.2. The Labute approximate surface area is 133 Å². The number of carbonyl (C=O) groups excluding carboxylic acids is 1. The number of halogens is 1. The van der Waals surface area contributed by atoms with Gasteiger partial charge < -0.3 is 4.74 Å². The number of hydrogen-bond acceptors (Lipinski definition) is 3. The molecule has 3 rings (SSSR count). The quantitative estimate of drug-likeness (QED) is 0.680. The maximum absolute atomic E-state index is 13.3. The molecule has 0 aliphatic heterocycles. The number of benzene rings is 2. The number of methoxy groups -OCH3 is 1. The topological polar surface area (TPSA) is 39.2 Å². The molecule has 0 amide bonds. The molecule has 0 aliphatic rings. The third-order valence-corrected chi connectivity index (χ3v) is 3.75. The van der Waals surface area contributed by atoms with E-state index in [0.717, 1.165) is 27.6 Å². The second kappa shape index (κ2) is 6.57. The molecule has 0 radical (unpaired) electrons. The maximum atomic E-state index is 13.3. The van der Waals surface area contributed by atoms with E-state index in [1.54, 1.807) is 12.3 Å². The first-order valence-electron chi connectivity index (χ1n) is 7.37. The Morgan fingerprint density at radius 2 is 2.00 bits per heavy atom. The highest BCUT2D eigenvalue weighted by molar-refractivity contribution is 5.84. The third-order valence-electron chi connectivity index (χ3n) is 3.75. The molecule has 2 aromatic carbocycles. The van der Waals surface area contributed by atoms with E-state index in [2.05, 4.69) is 9.72 Å². The predicted octanol–water partition coefficient (Wildman–Crippen LogP) is 4.15. The normalized spacial score (nSPS) is 10.7. The summed E-state index contributed by atoms with van der Waals surface area (Å²) in [4.78, 5) is 15.7. The second-order valence-corrected chi connectivity index (χ2v) is 5.34. The first-order chi connectivity index (χ1) is 11.2. The standard InChI is InChI=1S/C19H16FNO2/c1-23-19(22)8-6-13-5-7-15-10-16(12-21-18(15)9-13)14-3-2-4-17(20)11-14/h2-5,7,9-12H,6,8H2,1H3. The SMILES string of the molecule is COC(=O)CCc1ccc2cc(-c3cccc(F)c3)cnc2c1. The summed E-state index contributed by atoms with van der Waals surface area (Å²) in [6.07, 6.45) is 2.71. The van der Waals surface area contributed by atoms with Gasteiger partial charge in [-0.2, -0.15) is 0 Å². The van der Waals surface area contributed by atoms with Crippen molar-refractivity contribution in [2.24, 2.45) is 0 Å². The Morgan fingerprint density at radius 1 is 1.13 bits per heavy atom. The average molecular weight is 309 g/mol. The monoisotopic (exact) mass is 309 g/mol. The number of rotatable bonds is 4. The van der Waals surface area contributed by atoms with Crippen molar-refractivity contribution < 1.29 is 13.9 Å². The van der Waals surface area contributed by atoms with E-state index in [-0.39, 0.29) is 11.8 Å². The Kier molecular flexibility index (Phi) is 4.33. The molecule has 0 fully saturated rings. The third kappa shape index (κ3) is 3.54. The molecule has 0 saturated heterocycles. The van der Waals surface area contributed by atoms with Crippen molar-refractivity contribution in [1.29, 1.82) is 0 Å². The fourth-order valence-corrected chi connectivity index (χ4v) is 2.50. The molecule has 116 valence electrons. The van der Waals surface area contributed by atoms with E-state index in [0.29, 0.717) is 12.8 Å². The minimum atomic E-state index is -0.263. The lowest BCUT2D eigenvalue weighted by molar-refractivity contribution is -0.140. The zero-order valence-corrected chi connectivity index (χ0v) is 12.8. The second-order valence-electron chi connectivity index (χ2n) is 5.34. The first-order valence-corrected chi connectivity index (χ1v) is 7.37. The van der Waals surface area contributed by atoms with Crippen LogP contribution in [0.2, 0.25) is 0 Å². The molecular formula is C19H16FNO2. The van der Waals surface area contributed by atoms with Gasteiger partial charge >= 0.3 is 5.97 Å². The minimum absolute atomic E-state index is 0.223. The van der Waals surface area contributed by atoms with Crippen LogP contribution in [0.5, 0.6) is 0 Å². The molecule has 23 heavy (non-hydrogen) atoms. The summed E-state index contributed by atoms with van der Waals surface area (Å²) < 4.78 is 18.0. The molecule has 4 heteroatoms. The van der Waals surface area contributed by atoms with E-state index in [4.69, 9.17) is 0 Å². The van der Waals surface area contributed by atoms with Crippen LogP contribution in [0.4, 0.5) is 4.39 Å². The van der Waals surface area contributed by atoms with Gasteiger partial charge in [-0.25, -0.2) is 4.39 Å². The van der Waals surface area contributed by atoms with Crippen LogP contribution in [0.1, 0.15) is 12.0 Å². The summed E-state index contributed by atoms with van der Waals surface area (Å²) in [7, 11) is 1.39. The molecule has 3 nitrogen and oxygen atoms in total. The van der Waals surface area contributed by atoms with Crippen LogP contribution in [0.3, 0.4) is 0 Å². The van der Waals surface area contributed by atoms with Gasteiger partial charge in [0.1, 0.15) is 5.82 Å². The van der Waals surface area contributed by atoms with E-state index in [9.17, 15) is 9.18 Å². The Morgan fingerprint density at radius 3 is 2.78 bits per heavy atom. The molecule has 1 aromatic heterocycles. The van der Waals surface area contributed by atoms with Gasteiger partial charge in [-0.05, 0) is 41.8 Å². The molecular weight excluding hydrogens is 293 g/mol. The molecule has 0 unspecified atom stereocenters. The highest BCUT2D eigenvalue weighted by Crippen LogP contribution is 2.24. The van der Waals surface area contributed by atoms with Crippen molar-refractivity contribution in [1.82, 2.24) is 4.98 Å². The summed E-state index contributed by atoms with van der Waals surface area (Å²) >= 11 is 0. The van der Waals surface area contributed by atoms with Gasteiger partial charge in [0.15, 0.2) is 0 Å². The van der Waals surface area contributed by atoms with E-state index < -0.39 is 0 Å². The van der Waals surface area contributed by atoms with Gasteiger partial charge in [0.25, 0.3) is 0 Å². The van der Waals surface area contributed by atoms with Gasteiger partial charge in [-0.3, -0.25) is 9.78 Å². The summed E-state index contributed by atoms with van der Waals surface area (Å²) in [6, 6.07) is 14.4. The summed E-state index contributed by atoms with van der Waals surface area (Å²) in [5.74, 6) is -0.486. The zero-order valence-electron chi connectivity index (χ0n) is 12.8. The number of ether oxygens (including phenoxy) is 1. The number of aryl methyl sites for hydroxylation is 1. The van der Waals surface area contributed by atoms with Crippen molar-refractivity contribution in [2.75, 3.05) is 7.11 Å². The van der Waals surface area contributed by atoms with Crippen molar-refractivity contribution in [2.45, 2.75) is 12.8 Å². The van der Waals surface area contributed by atoms with Crippen molar-refractivity contribution in [3.63, 3.8) is 0 Å². The van der Waals surface area contributed by atoms with E-state index in [1.807, 2.05) is 30.3 Å². The minimum Gasteiger partial charge on any atom is -0.469 e. The largest absolute Gasteiger partial charge is 0.469 e. The number of hydrogen-bond donors (Lipinski definition) is 0. The molecule has 0 aliphatic carbocycles. The smallest absolute Gasteiger partial charge is 0.305 e. The highest BCUT2D eigenvalue weighted by Gasteiger charge is 2.05. The van der Waals surface area contributed by atoms with Crippen LogP contribution < -0.4 is 0 Å². The van der Waals surface area contributed by atoms with Crippen molar-refractivity contribution in [3.05, 3.63) is 66.1 Å². The van der Waals surface area contributed by atoms with Crippen LogP contribution in [-0.2, 0) is 16.0 Å². The molecule has 0 bridgehead atoms. The van der Waals surface area contributed by atoms with Crippen LogP contribution in [0, 0.1) is 5.82 Å². The molecule has 0 spiro atoms. The Bertz CT molecular complexity index is 861. The Hall–Kier alpha value is -2.75. The van der Waals surface area contributed by atoms with E-state index >= 15 is 0 Å². The fraction of sp³-hybridized carbons (Fsp3) is 0.158. The van der Waals surface area contributed by atoms with Gasteiger partial charge in [0.05, 0.1) is 12.6 Å². The van der Waals surface area contributed by atoms with Gasteiger partial charge in [0, 0.05) is 23.6 Å². The molecule has 0 saturated carbocycles. The maximum Gasteiger partial charge on any atom is 0.305 e. The fourth-order valence-electron chi connectivity index (χ4n) is 2.50. The molecule has 1 heterocycles. The predicted molar refractivity (Wildman–Crippen MR) is 87.5 cm³/mol. The van der Waals surface area contributed by atoms with Gasteiger partial charge in [-0.1, -0.05) is 24.3 Å². The molecule has 0 N–H and O–H groups in total. The van der Waals surface area contributed by atoms with Crippen molar-refractivity contribution >= 4 is 16.9 Å². The lowest BCUT2D eigenvalue weighted by Crippen LogP contribution is -2.01. The number of aromatic nitrogens is 1. The average Bonchev–Trinajstić information content (AvgIpc) is 2.59. The van der Waals surface area contributed by atoms with Crippen LogP contribution in [0.25, 0.3) is 22.0 Å². The van der Waals surface area contributed by atoms with Crippen molar-refractivity contribution in [3.8, 4) is 11.1 Å². The van der Waals surface area contributed by atoms with E-state index in [1.165, 1.54) is 19.2 Å². The molecule has 3 aromatic rings. The highest BCUT2D eigenvalue weighted by atomic mass is 19.1. The lowest BCUT2D eigenvalue weighted by atomic mass is 10.0. The summed E-state index contributed by atoms with van der Waals surface area (Å²) in [5, 5.41) is 0.980. The Balaban J connectivity index is 1.88. The number of carbonyl (C=O) groups is 1. The van der Waals surface area contributed by atoms with Gasteiger partial charge in [0.2, 0.25) is 0 Å².